The smallest absolute Gasteiger partial charge is 0.237 e. The number of nitrogens with zero attached hydrogens (tertiary/aromatic N) is 4. The molecule has 1 amide bonds. The summed E-state index contributed by atoms with van der Waals surface area (Å²) in [5, 5.41) is 9.56. The zero-order valence-corrected chi connectivity index (χ0v) is 16.2. The van der Waals surface area contributed by atoms with Crippen LogP contribution in [0.1, 0.15) is 6.42 Å². The number of rotatable bonds is 7. The third-order valence-corrected chi connectivity index (χ3v) is 5.26. The number of nitriles is 1. The van der Waals surface area contributed by atoms with E-state index in [4.69, 9.17) is 5.26 Å². The van der Waals surface area contributed by atoms with Gasteiger partial charge >= 0.3 is 0 Å². The predicted molar refractivity (Wildman–Crippen MR) is 108 cm³/mol. The number of hydrogen-bond acceptors (Lipinski definition) is 4. The Morgan fingerprint density at radius 3 is 2.64 bits per heavy atom. The van der Waals surface area contributed by atoms with Gasteiger partial charge in [-0.2, -0.15) is 5.26 Å². The molecule has 0 bridgehead atoms. The topological polar surface area (TPSA) is 61.9 Å². The van der Waals surface area contributed by atoms with E-state index >= 15 is 0 Å². The molecule has 0 radical (unpaired) electrons. The molecule has 1 heterocycles. The van der Waals surface area contributed by atoms with Crippen molar-refractivity contribution in [3.05, 3.63) is 66.6 Å². The van der Waals surface area contributed by atoms with Gasteiger partial charge in [-0.3, -0.25) is 4.79 Å². The lowest BCUT2D eigenvalue weighted by molar-refractivity contribution is -0.116. The zero-order chi connectivity index (χ0) is 19.9. The Balaban J connectivity index is 1.74. The molecule has 28 heavy (non-hydrogen) atoms. The first-order valence-electron chi connectivity index (χ1n) is 8.73. The largest absolute Gasteiger partial charge is 0.322 e. The normalized spacial score (nSPS) is 10.5. The zero-order valence-electron chi connectivity index (χ0n) is 15.4. The van der Waals surface area contributed by atoms with Crippen LogP contribution in [0.15, 0.2) is 66.0 Å². The van der Waals surface area contributed by atoms with Crippen LogP contribution >= 0.6 is 11.8 Å². The van der Waals surface area contributed by atoms with Crippen LogP contribution in [0.5, 0.6) is 0 Å². The number of anilines is 1. The first-order valence-corrected chi connectivity index (χ1v) is 9.72. The standard InChI is InChI=1S/C21H19FN4OS/c1-25-19(16-8-3-2-4-9-16)14-24-21(25)28-15-20(27)26(13-7-12-23)18-11-6-5-10-17(18)22/h2-6,8-11,14H,7,13,15H2,1H3. The number of imidazole rings is 1. The van der Waals surface area contributed by atoms with E-state index in [1.165, 1.54) is 22.7 Å². The van der Waals surface area contributed by atoms with Gasteiger partial charge in [0.05, 0.1) is 35.8 Å². The second-order valence-corrected chi connectivity index (χ2v) is 6.99. The van der Waals surface area contributed by atoms with Crippen molar-refractivity contribution in [2.45, 2.75) is 11.6 Å². The summed E-state index contributed by atoms with van der Waals surface area (Å²) in [4.78, 5) is 18.5. The van der Waals surface area contributed by atoms with Gasteiger partial charge in [-0.25, -0.2) is 9.37 Å². The molecule has 0 saturated heterocycles. The monoisotopic (exact) mass is 394 g/mol. The molecule has 0 atom stereocenters. The maximum absolute atomic E-state index is 14.1. The molecule has 7 heteroatoms. The highest BCUT2D eigenvalue weighted by molar-refractivity contribution is 7.99. The van der Waals surface area contributed by atoms with E-state index < -0.39 is 5.82 Å². The minimum atomic E-state index is -0.484. The Labute approximate surface area is 167 Å². The Hall–Kier alpha value is -3.11. The molecule has 3 rings (SSSR count). The molecule has 0 unspecified atom stereocenters. The maximum Gasteiger partial charge on any atom is 0.237 e. The average molecular weight is 394 g/mol. The number of carbonyl (C=O) groups is 1. The summed E-state index contributed by atoms with van der Waals surface area (Å²) in [6, 6.07) is 18.0. The van der Waals surface area contributed by atoms with Crippen molar-refractivity contribution in [3.8, 4) is 17.3 Å². The van der Waals surface area contributed by atoms with E-state index in [2.05, 4.69) is 4.98 Å². The Kier molecular flexibility index (Phi) is 6.45. The number of aromatic nitrogens is 2. The van der Waals surface area contributed by atoms with Gasteiger partial charge in [-0.1, -0.05) is 54.2 Å². The van der Waals surface area contributed by atoms with Crippen LogP contribution in [0.2, 0.25) is 0 Å². The van der Waals surface area contributed by atoms with Crippen molar-refractivity contribution in [2.75, 3.05) is 17.2 Å². The summed E-state index contributed by atoms with van der Waals surface area (Å²) < 4.78 is 16.1. The van der Waals surface area contributed by atoms with Gasteiger partial charge in [0.1, 0.15) is 5.82 Å². The van der Waals surface area contributed by atoms with Crippen LogP contribution in [0.4, 0.5) is 10.1 Å². The van der Waals surface area contributed by atoms with Gasteiger partial charge in [-0.15, -0.1) is 0 Å². The lowest BCUT2D eigenvalue weighted by Gasteiger charge is -2.22. The highest BCUT2D eigenvalue weighted by atomic mass is 32.2. The number of hydrogen-bond donors (Lipinski definition) is 0. The molecule has 0 aliphatic heterocycles. The summed E-state index contributed by atoms with van der Waals surface area (Å²) in [5.74, 6) is -0.657. The fourth-order valence-electron chi connectivity index (χ4n) is 2.82. The van der Waals surface area contributed by atoms with Gasteiger partial charge in [0.2, 0.25) is 5.91 Å². The molecule has 0 aliphatic rings. The van der Waals surface area contributed by atoms with Crippen molar-refractivity contribution < 1.29 is 9.18 Å². The van der Waals surface area contributed by atoms with Crippen molar-refractivity contribution in [1.29, 1.82) is 5.26 Å². The maximum atomic E-state index is 14.1. The molecule has 0 saturated carbocycles. The minimum absolute atomic E-state index is 0.0961. The molecule has 0 aliphatic carbocycles. The van der Waals surface area contributed by atoms with E-state index in [0.29, 0.717) is 5.16 Å². The second kappa shape index (κ2) is 9.20. The molecule has 1 aromatic heterocycles. The van der Waals surface area contributed by atoms with Crippen LogP contribution < -0.4 is 4.90 Å². The van der Waals surface area contributed by atoms with E-state index in [1.807, 2.05) is 48.0 Å². The number of carbonyl (C=O) groups excluding carboxylic acids is 1. The molecule has 0 spiro atoms. The summed E-state index contributed by atoms with van der Waals surface area (Å²) in [7, 11) is 1.90. The van der Waals surface area contributed by atoms with Crippen LogP contribution in [-0.4, -0.2) is 27.8 Å². The third kappa shape index (κ3) is 4.41. The Morgan fingerprint density at radius 2 is 1.93 bits per heavy atom. The van der Waals surface area contributed by atoms with E-state index in [-0.39, 0.29) is 30.3 Å². The van der Waals surface area contributed by atoms with Crippen LogP contribution in [0.25, 0.3) is 11.3 Å². The molecule has 2 aromatic carbocycles. The van der Waals surface area contributed by atoms with Crippen molar-refractivity contribution >= 4 is 23.4 Å². The number of amides is 1. The highest BCUT2D eigenvalue weighted by Gasteiger charge is 2.20. The van der Waals surface area contributed by atoms with Crippen molar-refractivity contribution in [2.24, 2.45) is 7.05 Å². The van der Waals surface area contributed by atoms with Gasteiger partial charge in [0, 0.05) is 13.6 Å². The molecule has 142 valence electrons. The van der Waals surface area contributed by atoms with Gasteiger partial charge in [0.15, 0.2) is 5.16 Å². The molecular formula is C21H19FN4OS. The van der Waals surface area contributed by atoms with Crippen LogP contribution in [-0.2, 0) is 11.8 Å². The van der Waals surface area contributed by atoms with E-state index in [0.717, 1.165) is 11.3 Å². The molecule has 0 N–H and O–H groups in total. The number of benzene rings is 2. The SMILES string of the molecule is Cn1c(-c2ccccc2)cnc1SCC(=O)N(CCC#N)c1ccccc1F. The Morgan fingerprint density at radius 1 is 1.21 bits per heavy atom. The second-order valence-electron chi connectivity index (χ2n) is 6.04. The first kappa shape index (κ1) is 19.6. The van der Waals surface area contributed by atoms with Crippen molar-refractivity contribution in [3.63, 3.8) is 0 Å². The first-order chi connectivity index (χ1) is 13.6. The number of halogens is 1. The Bertz CT molecular complexity index is 997. The summed E-state index contributed by atoms with van der Waals surface area (Å²) in [6.45, 7) is 0.145. The van der Waals surface area contributed by atoms with Crippen LogP contribution in [0, 0.1) is 17.1 Å². The highest BCUT2D eigenvalue weighted by Crippen LogP contribution is 2.26. The van der Waals surface area contributed by atoms with Gasteiger partial charge < -0.3 is 9.47 Å². The fraction of sp³-hybridized carbons (Fsp3) is 0.190. The summed E-state index contributed by atoms with van der Waals surface area (Å²) in [5.41, 5.74) is 2.18. The minimum Gasteiger partial charge on any atom is -0.322 e. The lowest BCUT2D eigenvalue weighted by atomic mass is 10.2. The van der Waals surface area contributed by atoms with Crippen molar-refractivity contribution in [1.82, 2.24) is 9.55 Å². The molecule has 5 nitrogen and oxygen atoms in total. The lowest BCUT2D eigenvalue weighted by Crippen LogP contribution is -2.34. The fourth-order valence-corrected chi connectivity index (χ4v) is 3.65. The van der Waals surface area contributed by atoms with Gasteiger partial charge in [0.25, 0.3) is 0 Å². The predicted octanol–water partition coefficient (Wildman–Crippen LogP) is 4.27. The summed E-state index contributed by atoms with van der Waals surface area (Å²) >= 11 is 1.29. The van der Waals surface area contributed by atoms with Gasteiger partial charge in [-0.05, 0) is 17.7 Å². The van der Waals surface area contributed by atoms with E-state index in [9.17, 15) is 9.18 Å². The average Bonchev–Trinajstić information content (AvgIpc) is 3.09. The number of para-hydroxylation sites is 1. The molecule has 0 fully saturated rings. The molecular weight excluding hydrogens is 375 g/mol. The molecule has 3 aromatic rings. The quantitative estimate of drug-likeness (QED) is 0.562. The van der Waals surface area contributed by atoms with E-state index in [1.54, 1.807) is 24.4 Å². The number of thioether (sulfide) groups is 1. The summed E-state index contributed by atoms with van der Waals surface area (Å²) in [6.07, 6.45) is 1.90. The van der Waals surface area contributed by atoms with Crippen LogP contribution in [0.3, 0.4) is 0 Å². The third-order valence-electron chi connectivity index (χ3n) is 4.23.